The second-order valence-electron chi connectivity index (χ2n) is 10.7. The predicted octanol–water partition coefficient (Wildman–Crippen LogP) is 6.01. The number of thiophene rings is 1. The summed E-state index contributed by atoms with van der Waals surface area (Å²) in [6, 6.07) is 4.38. The second kappa shape index (κ2) is 9.51. The molecule has 8 nitrogen and oxygen atoms in total. The molecule has 3 atom stereocenters. The Labute approximate surface area is 241 Å². The number of ether oxygens (including phenoxy) is 3. The highest BCUT2D eigenvalue weighted by atomic mass is 35.5. The first-order chi connectivity index (χ1) is 19.7. The smallest absolute Gasteiger partial charge is 0.320 e. The lowest BCUT2D eigenvalue weighted by Crippen LogP contribution is -2.43. The van der Waals surface area contributed by atoms with Crippen LogP contribution in [0.1, 0.15) is 31.7 Å². The molecule has 13 heteroatoms. The number of nitrogens with two attached hydrogens (primary N) is 1. The quantitative estimate of drug-likeness (QED) is 0.303. The Morgan fingerprint density at radius 1 is 1.32 bits per heavy atom. The van der Waals surface area contributed by atoms with E-state index in [9.17, 15) is 14.0 Å². The van der Waals surface area contributed by atoms with Gasteiger partial charge in [-0.2, -0.15) is 15.2 Å². The maximum absolute atomic E-state index is 16.6. The predicted molar refractivity (Wildman–Crippen MR) is 149 cm³/mol. The van der Waals surface area contributed by atoms with Crippen LogP contribution in [-0.2, 0) is 0 Å². The molecule has 4 aromatic rings. The van der Waals surface area contributed by atoms with Crippen molar-refractivity contribution in [1.82, 2.24) is 14.9 Å². The zero-order chi connectivity index (χ0) is 28.6. The third kappa shape index (κ3) is 3.97. The fourth-order valence-electron chi connectivity index (χ4n) is 6.33. The molecule has 2 N–H and O–H groups in total. The van der Waals surface area contributed by atoms with Crippen LogP contribution in [0.15, 0.2) is 12.1 Å². The van der Waals surface area contributed by atoms with Crippen LogP contribution in [0.25, 0.3) is 32.1 Å². The molecule has 41 heavy (non-hydrogen) atoms. The summed E-state index contributed by atoms with van der Waals surface area (Å²) in [4.78, 5) is 10.9. The molecule has 2 fully saturated rings. The number of halogens is 4. The Balaban J connectivity index is 1.42. The van der Waals surface area contributed by atoms with Crippen LogP contribution in [0.4, 0.5) is 18.2 Å². The largest absolute Gasteiger partial charge is 0.487 e. The van der Waals surface area contributed by atoms with Crippen LogP contribution >= 0.6 is 22.9 Å². The molecule has 2 aromatic carbocycles. The van der Waals surface area contributed by atoms with Gasteiger partial charge < -0.3 is 19.9 Å². The summed E-state index contributed by atoms with van der Waals surface area (Å²) < 4.78 is 63.8. The molecule has 0 unspecified atom stereocenters. The lowest BCUT2D eigenvalue weighted by Gasteiger charge is -2.30. The van der Waals surface area contributed by atoms with E-state index in [1.807, 2.05) is 6.07 Å². The van der Waals surface area contributed by atoms with E-state index in [1.54, 1.807) is 6.92 Å². The van der Waals surface area contributed by atoms with Crippen molar-refractivity contribution < 1.29 is 27.4 Å². The van der Waals surface area contributed by atoms with Gasteiger partial charge in [0.2, 0.25) is 5.88 Å². The summed E-state index contributed by atoms with van der Waals surface area (Å²) >= 11 is 7.70. The van der Waals surface area contributed by atoms with Gasteiger partial charge in [-0.1, -0.05) is 17.7 Å². The van der Waals surface area contributed by atoms with Gasteiger partial charge in [0.25, 0.3) is 0 Å². The number of hydrogen-bond acceptors (Lipinski definition) is 9. The molecule has 2 saturated heterocycles. The summed E-state index contributed by atoms with van der Waals surface area (Å²) in [6.45, 7) is 3.12. The highest BCUT2D eigenvalue weighted by molar-refractivity contribution is 7.23. The number of nitrogens with zero attached hydrogens (tertiary/aromatic N) is 4. The molecule has 7 rings (SSSR count). The van der Waals surface area contributed by atoms with Crippen LogP contribution in [-0.4, -0.2) is 59.0 Å². The summed E-state index contributed by atoms with van der Waals surface area (Å²) in [5.41, 5.74) is 5.43. The maximum Gasteiger partial charge on any atom is 0.320 e. The second-order valence-corrected chi connectivity index (χ2v) is 12.2. The number of fused-ring (bicyclic) bond motifs is 2. The Hall–Kier alpha value is -3.53. The Morgan fingerprint density at radius 2 is 2.15 bits per heavy atom. The fourth-order valence-corrected chi connectivity index (χ4v) is 7.61. The van der Waals surface area contributed by atoms with Crippen LogP contribution in [0.5, 0.6) is 17.6 Å². The third-order valence-corrected chi connectivity index (χ3v) is 9.52. The van der Waals surface area contributed by atoms with E-state index in [0.717, 1.165) is 30.7 Å². The maximum atomic E-state index is 16.6. The average molecular weight is 602 g/mol. The van der Waals surface area contributed by atoms with Crippen LogP contribution in [0.2, 0.25) is 5.02 Å². The standard InChI is InChI=1S/C28H23ClF3N5O3S/c1-12-10-38-23-19-22(35-27(36-26(19)40-12)39-11-28-5-2-6-37(28)9-13(30)7-28)21(32)18(20(23)29)14-3-4-16(31)24-17(14)15(8-33)25(34)41-24/h3-4,12-13H,2,5-7,9-11,34H2,1H3/t12-,13+,28-/m0/s1. The molecule has 0 saturated carbocycles. The molecule has 2 aromatic heterocycles. The first kappa shape index (κ1) is 26.4. The number of anilines is 1. The van der Waals surface area contributed by atoms with Gasteiger partial charge in [-0.3, -0.25) is 4.90 Å². The minimum Gasteiger partial charge on any atom is -0.487 e. The lowest BCUT2D eigenvalue weighted by molar-refractivity contribution is 0.105. The SMILES string of the molecule is C[C@H]1COc2c(Cl)c(-c3ccc(F)c4sc(N)c(C#N)c34)c(F)c3nc(OC[C@@]45CCCN4C[C@H](F)C5)nc(c23)O1. The first-order valence-electron chi connectivity index (χ1n) is 13.2. The number of benzene rings is 2. The van der Waals surface area contributed by atoms with Gasteiger partial charge in [0.05, 0.1) is 20.8 Å². The summed E-state index contributed by atoms with van der Waals surface area (Å²) in [5, 5.41) is 10.1. The number of aromatic nitrogens is 2. The van der Waals surface area contributed by atoms with Crippen molar-refractivity contribution in [2.75, 3.05) is 32.0 Å². The normalized spacial score (nSPS) is 23.7. The Bertz CT molecular complexity index is 1800. The van der Waals surface area contributed by atoms with E-state index in [0.29, 0.717) is 13.0 Å². The van der Waals surface area contributed by atoms with E-state index < -0.39 is 29.4 Å². The molecule has 0 spiro atoms. The van der Waals surface area contributed by atoms with Crippen LogP contribution in [0, 0.1) is 23.0 Å². The molecule has 0 radical (unpaired) electrons. The van der Waals surface area contributed by atoms with Crippen molar-refractivity contribution >= 4 is 48.9 Å². The molecule has 0 bridgehead atoms. The highest BCUT2D eigenvalue weighted by Gasteiger charge is 2.49. The molecule has 5 heterocycles. The molecular weight excluding hydrogens is 579 g/mol. The summed E-state index contributed by atoms with van der Waals surface area (Å²) in [5.74, 6) is -1.32. The summed E-state index contributed by atoms with van der Waals surface area (Å²) in [6.07, 6.45) is 0.643. The average Bonchev–Trinajstić information content (AvgIpc) is 3.54. The fraction of sp³-hybridized carbons (Fsp3) is 0.393. The van der Waals surface area contributed by atoms with Crippen molar-refractivity contribution in [1.29, 1.82) is 5.26 Å². The molecular formula is C28H23ClF3N5O3S. The third-order valence-electron chi connectivity index (χ3n) is 8.13. The number of rotatable bonds is 4. The van der Waals surface area contributed by atoms with Gasteiger partial charge in [0, 0.05) is 23.9 Å². The molecule has 0 aliphatic carbocycles. The van der Waals surface area contributed by atoms with E-state index in [4.69, 9.17) is 31.5 Å². The number of nitrogen functional groups attached to an aromatic ring is 1. The number of nitriles is 1. The van der Waals surface area contributed by atoms with Gasteiger partial charge in [-0.25, -0.2) is 13.2 Å². The molecule has 212 valence electrons. The van der Waals surface area contributed by atoms with Gasteiger partial charge in [0.15, 0.2) is 11.6 Å². The van der Waals surface area contributed by atoms with E-state index in [1.165, 1.54) is 12.1 Å². The molecule has 3 aliphatic heterocycles. The topological polar surface area (TPSA) is 107 Å². The highest BCUT2D eigenvalue weighted by Crippen LogP contribution is 2.51. The molecule has 0 amide bonds. The Kier molecular flexibility index (Phi) is 6.12. The Morgan fingerprint density at radius 3 is 2.95 bits per heavy atom. The first-order valence-corrected chi connectivity index (χ1v) is 14.3. The van der Waals surface area contributed by atoms with E-state index in [2.05, 4.69) is 14.9 Å². The van der Waals surface area contributed by atoms with Crippen molar-refractivity contribution in [3.05, 3.63) is 34.4 Å². The van der Waals surface area contributed by atoms with Crippen molar-refractivity contribution in [2.24, 2.45) is 0 Å². The monoisotopic (exact) mass is 601 g/mol. The van der Waals surface area contributed by atoms with Crippen LogP contribution in [0.3, 0.4) is 0 Å². The summed E-state index contributed by atoms with van der Waals surface area (Å²) in [7, 11) is 0. The van der Waals surface area contributed by atoms with Gasteiger partial charge in [-0.05, 0) is 37.9 Å². The number of hydrogen-bond donors (Lipinski definition) is 1. The van der Waals surface area contributed by atoms with Gasteiger partial charge in [-0.15, -0.1) is 11.3 Å². The van der Waals surface area contributed by atoms with E-state index >= 15 is 4.39 Å². The van der Waals surface area contributed by atoms with Crippen molar-refractivity contribution in [2.45, 2.75) is 44.0 Å². The molecule has 3 aliphatic rings. The zero-order valence-corrected chi connectivity index (χ0v) is 23.3. The lowest BCUT2D eigenvalue weighted by atomic mass is 9.95. The zero-order valence-electron chi connectivity index (χ0n) is 21.8. The van der Waals surface area contributed by atoms with Gasteiger partial charge >= 0.3 is 6.01 Å². The number of alkyl halides is 1. The van der Waals surface area contributed by atoms with Crippen LogP contribution < -0.4 is 19.9 Å². The minimum atomic E-state index is -0.941. The van der Waals surface area contributed by atoms with Crippen molar-refractivity contribution in [3.8, 4) is 34.8 Å². The minimum absolute atomic E-state index is 0.0225. The van der Waals surface area contributed by atoms with E-state index in [-0.39, 0.29) is 78.6 Å². The van der Waals surface area contributed by atoms with Crippen molar-refractivity contribution in [3.63, 3.8) is 0 Å². The van der Waals surface area contributed by atoms with Gasteiger partial charge in [0.1, 0.15) is 53.3 Å².